The molecule has 1 aromatic carbocycles. The van der Waals surface area contributed by atoms with Crippen LogP contribution in [0.15, 0.2) is 28.7 Å². The monoisotopic (exact) mass is 340 g/mol. The highest BCUT2D eigenvalue weighted by molar-refractivity contribution is 9.10. The molecule has 20 heavy (non-hydrogen) atoms. The van der Waals surface area contributed by atoms with Crippen LogP contribution in [0.2, 0.25) is 0 Å². The van der Waals surface area contributed by atoms with Gasteiger partial charge in [-0.3, -0.25) is 9.59 Å². The number of amides is 2. The van der Waals surface area contributed by atoms with E-state index < -0.39 is 5.41 Å². The molecule has 0 saturated carbocycles. The van der Waals surface area contributed by atoms with E-state index >= 15 is 0 Å². The fourth-order valence-corrected chi connectivity index (χ4v) is 1.90. The van der Waals surface area contributed by atoms with Crippen LogP contribution < -0.4 is 10.2 Å². The van der Waals surface area contributed by atoms with Crippen molar-refractivity contribution >= 4 is 33.4 Å². The molecule has 0 bridgehead atoms. The number of rotatable bonds is 4. The molecule has 0 aliphatic heterocycles. The number of carbonyl (C=O) groups is 2. The molecule has 0 aromatic heterocycles. The van der Waals surface area contributed by atoms with Gasteiger partial charge in [0.2, 0.25) is 11.8 Å². The number of hydrogen-bond donors (Lipinski definition) is 1. The predicted molar refractivity (Wildman–Crippen MR) is 84.6 cm³/mol. The number of hydrogen-bond acceptors (Lipinski definition) is 2. The van der Waals surface area contributed by atoms with Crippen molar-refractivity contribution in [1.29, 1.82) is 0 Å². The highest BCUT2D eigenvalue weighted by atomic mass is 79.9. The third kappa shape index (κ3) is 4.96. The van der Waals surface area contributed by atoms with Crippen LogP contribution in [-0.2, 0) is 9.59 Å². The molecular formula is C15H21BrN2O2. The molecular weight excluding hydrogens is 320 g/mol. The Morgan fingerprint density at radius 1 is 1.20 bits per heavy atom. The van der Waals surface area contributed by atoms with Gasteiger partial charge in [-0.15, -0.1) is 0 Å². The van der Waals surface area contributed by atoms with Gasteiger partial charge in [-0.2, -0.15) is 0 Å². The van der Waals surface area contributed by atoms with Crippen LogP contribution >= 0.6 is 15.9 Å². The highest BCUT2D eigenvalue weighted by Crippen LogP contribution is 2.18. The van der Waals surface area contributed by atoms with Crippen LogP contribution in [0.4, 0.5) is 5.69 Å². The van der Waals surface area contributed by atoms with E-state index in [1.54, 1.807) is 4.90 Å². The van der Waals surface area contributed by atoms with Crippen molar-refractivity contribution in [3.8, 4) is 0 Å². The molecule has 110 valence electrons. The van der Waals surface area contributed by atoms with Crippen molar-refractivity contribution in [3.63, 3.8) is 0 Å². The Kier molecular flexibility index (Phi) is 5.74. The van der Waals surface area contributed by atoms with Crippen LogP contribution in [0.1, 0.15) is 27.7 Å². The predicted octanol–water partition coefficient (Wildman–Crippen LogP) is 2.96. The van der Waals surface area contributed by atoms with Crippen LogP contribution in [0.25, 0.3) is 0 Å². The SMILES string of the molecule is CC(=O)N(CCNC(=O)C(C)(C)C)c1ccc(Br)cc1. The molecule has 0 heterocycles. The second kappa shape index (κ2) is 6.88. The quantitative estimate of drug-likeness (QED) is 0.915. The van der Waals surface area contributed by atoms with Crippen molar-refractivity contribution < 1.29 is 9.59 Å². The first kappa shape index (κ1) is 16.7. The molecule has 5 heteroatoms. The minimum atomic E-state index is -0.418. The maximum atomic E-state index is 11.8. The normalized spacial score (nSPS) is 11.1. The third-order valence-corrected chi connectivity index (χ3v) is 3.35. The average Bonchev–Trinajstić information content (AvgIpc) is 2.34. The lowest BCUT2D eigenvalue weighted by atomic mass is 9.96. The third-order valence-electron chi connectivity index (χ3n) is 2.82. The summed E-state index contributed by atoms with van der Waals surface area (Å²) < 4.78 is 0.964. The number of nitrogens with one attached hydrogen (secondary N) is 1. The van der Waals surface area contributed by atoms with Crippen LogP contribution in [0, 0.1) is 5.41 Å². The Labute approximate surface area is 128 Å². The summed E-state index contributed by atoms with van der Waals surface area (Å²) in [7, 11) is 0. The second-order valence-electron chi connectivity index (χ2n) is 5.65. The number of benzene rings is 1. The second-order valence-corrected chi connectivity index (χ2v) is 6.57. The van der Waals surface area contributed by atoms with Gasteiger partial charge < -0.3 is 10.2 Å². The Balaban J connectivity index is 2.63. The van der Waals surface area contributed by atoms with Crippen LogP contribution in [-0.4, -0.2) is 24.9 Å². The van der Waals surface area contributed by atoms with E-state index in [1.165, 1.54) is 6.92 Å². The molecule has 0 atom stereocenters. The van der Waals surface area contributed by atoms with E-state index in [2.05, 4.69) is 21.2 Å². The van der Waals surface area contributed by atoms with E-state index in [4.69, 9.17) is 0 Å². The van der Waals surface area contributed by atoms with Gasteiger partial charge in [0.1, 0.15) is 0 Å². The van der Waals surface area contributed by atoms with Gasteiger partial charge in [-0.05, 0) is 24.3 Å². The molecule has 0 spiro atoms. The van der Waals surface area contributed by atoms with Crippen LogP contribution in [0.5, 0.6) is 0 Å². The lowest BCUT2D eigenvalue weighted by molar-refractivity contribution is -0.128. The van der Waals surface area contributed by atoms with Crippen molar-refractivity contribution in [2.75, 3.05) is 18.0 Å². The van der Waals surface area contributed by atoms with Gasteiger partial charge in [0.25, 0.3) is 0 Å². The first-order chi connectivity index (χ1) is 9.21. The van der Waals surface area contributed by atoms with E-state index in [0.717, 1.165) is 10.2 Å². The summed E-state index contributed by atoms with van der Waals surface area (Å²) >= 11 is 3.36. The molecule has 4 nitrogen and oxygen atoms in total. The Morgan fingerprint density at radius 2 is 1.75 bits per heavy atom. The zero-order valence-corrected chi connectivity index (χ0v) is 14.0. The molecule has 0 saturated heterocycles. The van der Waals surface area contributed by atoms with Crippen molar-refractivity contribution in [2.24, 2.45) is 5.41 Å². The minimum absolute atomic E-state index is 0.0168. The summed E-state index contributed by atoms with van der Waals surface area (Å²) in [6.07, 6.45) is 0. The molecule has 1 N–H and O–H groups in total. The Hall–Kier alpha value is -1.36. The minimum Gasteiger partial charge on any atom is -0.354 e. The molecule has 0 radical (unpaired) electrons. The maximum absolute atomic E-state index is 11.8. The fraction of sp³-hybridized carbons (Fsp3) is 0.467. The van der Waals surface area contributed by atoms with Crippen LogP contribution in [0.3, 0.4) is 0 Å². The zero-order chi connectivity index (χ0) is 15.3. The number of carbonyl (C=O) groups excluding carboxylic acids is 2. The van der Waals surface area contributed by atoms with Gasteiger partial charge in [0, 0.05) is 35.6 Å². The summed E-state index contributed by atoms with van der Waals surface area (Å²) in [5.41, 5.74) is 0.407. The van der Waals surface area contributed by atoms with Gasteiger partial charge >= 0.3 is 0 Å². The molecule has 2 amide bonds. The fourth-order valence-electron chi connectivity index (χ4n) is 1.64. The van der Waals surface area contributed by atoms with Gasteiger partial charge in [-0.1, -0.05) is 36.7 Å². The highest BCUT2D eigenvalue weighted by Gasteiger charge is 2.21. The zero-order valence-electron chi connectivity index (χ0n) is 12.4. The van der Waals surface area contributed by atoms with E-state index in [1.807, 2.05) is 45.0 Å². The lowest BCUT2D eigenvalue weighted by Crippen LogP contribution is -2.41. The summed E-state index contributed by atoms with van der Waals surface area (Å²) in [6, 6.07) is 7.52. The molecule has 1 aromatic rings. The number of anilines is 1. The molecule has 0 unspecified atom stereocenters. The Morgan fingerprint density at radius 3 is 2.20 bits per heavy atom. The van der Waals surface area contributed by atoms with Gasteiger partial charge in [0.15, 0.2) is 0 Å². The molecule has 0 fully saturated rings. The summed E-state index contributed by atoms with van der Waals surface area (Å²) in [5, 5.41) is 2.85. The molecule has 0 aliphatic rings. The number of nitrogens with zero attached hydrogens (tertiary/aromatic N) is 1. The number of halogens is 1. The lowest BCUT2D eigenvalue weighted by Gasteiger charge is -2.23. The largest absolute Gasteiger partial charge is 0.354 e. The van der Waals surface area contributed by atoms with Crippen molar-refractivity contribution in [3.05, 3.63) is 28.7 Å². The average molecular weight is 341 g/mol. The van der Waals surface area contributed by atoms with E-state index in [0.29, 0.717) is 13.1 Å². The maximum Gasteiger partial charge on any atom is 0.225 e. The van der Waals surface area contributed by atoms with Gasteiger partial charge in [-0.25, -0.2) is 0 Å². The Bertz CT molecular complexity index is 478. The molecule has 0 aliphatic carbocycles. The van der Waals surface area contributed by atoms with Gasteiger partial charge in [0.05, 0.1) is 0 Å². The van der Waals surface area contributed by atoms with Crippen molar-refractivity contribution in [2.45, 2.75) is 27.7 Å². The molecule has 1 rings (SSSR count). The smallest absolute Gasteiger partial charge is 0.225 e. The van der Waals surface area contributed by atoms with Crippen molar-refractivity contribution in [1.82, 2.24) is 5.32 Å². The first-order valence-corrected chi connectivity index (χ1v) is 7.33. The standard InChI is InChI=1S/C15H21BrN2O2/c1-11(19)18(13-7-5-12(16)6-8-13)10-9-17-14(20)15(2,3)4/h5-8H,9-10H2,1-4H3,(H,17,20). The van der Waals surface area contributed by atoms with E-state index in [-0.39, 0.29) is 11.8 Å². The topological polar surface area (TPSA) is 49.4 Å². The first-order valence-electron chi connectivity index (χ1n) is 6.54. The summed E-state index contributed by atoms with van der Waals surface area (Å²) in [4.78, 5) is 25.1. The summed E-state index contributed by atoms with van der Waals surface area (Å²) in [5.74, 6) is -0.0610. The van der Waals surface area contributed by atoms with E-state index in [9.17, 15) is 9.59 Å². The summed E-state index contributed by atoms with van der Waals surface area (Å²) in [6.45, 7) is 8.00.